The van der Waals surface area contributed by atoms with E-state index in [1.807, 2.05) is 62.4 Å². The number of aliphatic hydroxyl groups is 1. The first-order chi connectivity index (χ1) is 9.92. The third-order valence-electron chi connectivity index (χ3n) is 3.81. The molecule has 0 saturated heterocycles. The van der Waals surface area contributed by atoms with Gasteiger partial charge >= 0.3 is 0 Å². The summed E-state index contributed by atoms with van der Waals surface area (Å²) in [6.45, 7) is 3.83. The van der Waals surface area contributed by atoms with Gasteiger partial charge in [0.05, 0.1) is 11.0 Å². The molecular weight excluding hydrogens is 262 g/mol. The zero-order valence-electron chi connectivity index (χ0n) is 12.1. The first kappa shape index (κ1) is 14.8. The minimum Gasteiger partial charge on any atom is -0.507 e. The van der Waals surface area contributed by atoms with E-state index in [1.54, 1.807) is 12.2 Å². The Morgan fingerprint density at radius 3 is 2.52 bits per heavy atom. The van der Waals surface area contributed by atoms with E-state index in [-0.39, 0.29) is 11.3 Å². The monoisotopic (exact) mass is 279 g/mol. The number of allylic oxidation sites excluding steroid dienone is 11. The number of aliphatic hydroxyl groups excluding tert-OH is 1. The van der Waals surface area contributed by atoms with Crippen LogP contribution in [0.25, 0.3) is 0 Å². The SMILES string of the molecule is CC1(C=O)C=CC=C(C2(C)C=CC(O)=C(C#N)C=C2)C=C1. The van der Waals surface area contributed by atoms with Crippen molar-refractivity contribution in [2.75, 3.05) is 0 Å². The third-order valence-corrected chi connectivity index (χ3v) is 3.81. The quantitative estimate of drug-likeness (QED) is 0.784. The zero-order chi connectivity index (χ0) is 15.5. The van der Waals surface area contributed by atoms with Crippen LogP contribution in [0.2, 0.25) is 0 Å². The molecular formula is C18H17NO2. The normalized spacial score (nSPS) is 31.4. The van der Waals surface area contributed by atoms with Crippen LogP contribution in [0.15, 0.2) is 71.6 Å². The van der Waals surface area contributed by atoms with Gasteiger partial charge in [-0.3, -0.25) is 0 Å². The number of aldehydes is 1. The summed E-state index contributed by atoms with van der Waals surface area (Å²) in [7, 11) is 0. The van der Waals surface area contributed by atoms with Crippen LogP contribution >= 0.6 is 0 Å². The Hall–Kier alpha value is -2.60. The van der Waals surface area contributed by atoms with E-state index < -0.39 is 10.8 Å². The number of hydrogen-bond acceptors (Lipinski definition) is 3. The van der Waals surface area contributed by atoms with Gasteiger partial charge in [0.25, 0.3) is 0 Å². The number of nitriles is 1. The van der Waals surface area contributed by atoms with Crippen LogP contribution < -0.4 is 0 Å². The highest BCUT2D eigenvalue weighted by atomic mass is 16.3. The molecule has 0 aliphatic heterocycles. The van der Waals surface area contributed by atoms with Crippen LogP contribution in [-0.2, 0) is 4.79 Å². The van der Waals surface area contributed by atoms with Gasteiger partial charge < -0.3 is 9.90 Å². The number of carbonyl (C=O) groups is 1. The fourth-order valence-corrected chi connectivity index (χ4v) is 2.20. The second-order valence-electron chi connectivity index (χ2n) is 5.66. The number of hydrogen-bond donors (Lipinski definition) is 1. The molecule has 1 N–H and O–H groups in total. The highest BCUT2D eigenvalue weighted by molar-refractivity contribution is 5.67. The molecule has 0 radical (unpaired) electrons. The van der Waals surface area contributed by atoms with Crippen molar-refractivity contribution in [3.63, 3.8) is 0 Å². The Bertz CT molecular complexity index is 682. The smallest absolute Gasteiger partial charge is 0.133 e. The summed E-state index contributed by atoms with van der Waals surface area (Å²) in [6.07, 6.45) is 17.2. The maximum absolute atomic E-state index is 11.1. The van der Waals surface area contributed by atoms with Gasteiger partial charge in [0.2, 0.25) is 0 Å². The van der Waals surface area contributed by atoms with Crippen molar-refractivity contribution in [2.24, 2.45) is 10.8 Å². The van der Waals surface area contributed by atoms with Crippen molar-refractivity contribution < 1.29 is 9.90 Å². The number of nitrogens with zero attached hydrogens (tertiary/aromatic N) is 1. The molecule has 2 aliphatic rings. The Morgan fingerprint density at radius 1 is 1.14 bits per heavy atom. The first-order valence-electron chi connectivity index (χ1n) is 6.70. The van der Waals surface area contributed by atoms with Crippen LogP contribution in [0.1, 0.15) is 13.8 Å². The molecule has 0 aromatic heterocycles. The Kier molecular flexibility index (Phi) is 3.82. The summed E-state index contributed by atoms with van der Waals surface area (Å²) >= 11 is 0. The molecule has 0 heterocycles. The van der Waals surface area contributed by atoms with Gasteiger partial charge in [0.15, 0.2) is 0 Å². The summed E-state index contributed by atoms with van der Waals surface area (Å²) in [5, 5.41) is 18.8. The van der Waals surface area contributed by atoms with Crippen LogP contribution in [0.4, 0.5) is 0 Å². The standard InChI is InChI=1S/C18H17NO2/c1-17(13-20)8-3-4-15(6-9-17)18(2)10-5-14(12-19)16(21)7-11-18/h3-11,13,21H,1-2H3. The molecule has 2 rings (SSSR count). The number of rotatable bonds is 2. The fourth-order valence-electron chi connectivity index (χ4n) is 2.20. The van der Waals surface area contributed by atoms with Gasteiger partial charge in [-0.05, 0) is 31.6 Å². The second-order valence-corrected chi connectivity index (χ2v) is 5.66. The van der Waals surface area contributed by atoms with Gasteiger partial charge in [-0.2, -0.15) is 5.26 Å². The van der Waals surface area contributed by atoms with Crippen molar-refractivity contribution in [1.82, 2.24) is 0 Å². The highest BCUT2D eigenvalue weighted by Crippen LogP contribution is 2.36. The maximum Gasteiger partial charge on any atom is 0.133 e. The largest absolute Gasteiger partial charge is 0.507 e. The minimum absolute atomic E-state index is 0.0380. The maximum atomic E-state index is 11.1. The lowest BCUT2D eigenvalue weighted by molar-refractivity contribution is -0.111. The van der Waals surface area contributed by atoms with E-state index in [0.29, 0.717) is 0 Å². The van der Waals surface area contributed by atoms with Crippen molar-refractivity contribution in [2.45, 2.75) is 13.8 Å². The van der Waals surface area contributed by atoms with Crippen molar-refractivity contribution in [3.8, 4) is 6.07 Å². The van der Waals surface area contributed by atoms with Crippen molar-refractivity contribution >= 4 is 6.29 Å². The molecule has 0 spiro atoms. The number of carbonyl (C=O) groups excluding carboxylic acids is 1. The summed E-state index contributed by atoms with van der Waals surface area (Å²) in [5.41, 5.74) is 0.150. The third kappa shape index (κ3) is 2.95. The van der Waals surface area contributed by atoms with Gasteiger partial charge in [0.1, 0.15) is 18.1 Å². The van der Waals surface area contributed by atoms with Gasteiger partial charge in [0, 0.05) is 5.41 Å². The minimum atomic E-state index is -0.606. The molecule has 0 aromatic rings. The molecule has 3 nitrogen and oxygen atoms in total. The summed E-state index contributed by atoms with van der Waals surface area (Å²) in [5.74, 6) is -0.0380. The molecule has 0 bridgehead atoms. The summed E-state index contributed by atoms with van der Waals surface area (Å²) in [4.78, 5) is 11.1. The molecule has 0 aromatic carbocycles. The van der Waals surface area contributed by atoms with E-state index in [9.17, 15) is 9.90 Å². The average molecular weight is 279 g/mol. The van der Waals surface area contributed by atoms with Crippen molar-refractivity contribution in [3.05, 3.63) is 71.6 Å². The predicted molar refractivity (Wildman–Crippen MR) is 82.2 cm³/mol. The van der Waals surface area contributed by atoms with E-state index >= 15 is 0 Å². The predicted octanol–water partition coefficient (Wildman–Crippen LogP) is 3.71. The van der Waals surface area contributed by atoms with Gasteiger partial charge in [-0.1, -0.05) is 42.5 Å². The summed E-state index contributed by atoms with van der Waals surface area (Å²) < 4.78 is 0. The lowest BCUT2D eigenvalue weighted by Crippen LogP contribution is -2.13. The van der Waals surface area contributed by atoms with Gasteiger partial charge in [-0.25, -0.2) is 0 Å². The van der Waals surface area contributed by atoms with E-state index in [0.717, 1.165) is 11.9 Å². The Balaban J connectivity index is 2.41. The molecule has 2 aliphatic carbocycles. The van der Waals surface area contributed by atoms with E-state index in [2.05, 4.69) is 0 Å². The molecule has 106 valence electrons. The van der Waals surface area contributed by atoms with Crippen LogP contribution in [-0.4, -0.2) is 11.4 Å². The van der Waals surface area contributed by atoms with Crippen LogP contribution in [0.3, 0.4) is 0 Å². The molecule has 2 atom stereocenters. The molecule has 0 saturated carbocycles. The lowest BCUT2D eigenvalue weighted by atomic mass is 9.80. The van der Waals surface area contributed by atoms with E-state index in [1.165, 1.54) is 0 Å². The average Bonchev–Trinajstić information content (AvgIpc) is 2.76. The van der Waals surface area contributed by atoms with E-state index in [4.69, 9.17) is 5.26 Å². The fraction of sp³-hybridized carbons (Fsp3) is 0.222. The Labute approximate surface area is 124 Å². The van der Waals surface area contributed by atoms with Gasteiger partial charge in [-0.15, -0.1) is 0 Å². The first-order valence-corrected chi connectivity index (χ1v) is 6.70. The topological polar surface area (TPSA) is 61.1 Å². The molecule has 21 heavy (non-hydrogen) atoms. The molecule has 3 heteroatoms. The van der Waals surface area contributed by atoms with Crippen LogP contribution in [0, 0.1) is 22.2 Å². The highest BCUT2D eigenvalue weighted by Gasteiger charge is 2.26. The summed E-state index contributed by atoms with van der Waals surface area (Å²) in [6, 6.07) is 1.96. The second kappa shape index (κ2) is 5.41. The zero-order valence-corrected chi connectivity index (χ0v) is 12.1. The Morgan fingerprint density at radius 2 is 1.86 bits per heavy atom. The van der Waals surface area contributed by atoms with Crippen LogP contribution in [0.5, 0.6) is 0 Å². The molecule has 0 fully saturated rings. The lowest BCUT2D eigenvalue weighted by Gasteiger charge is -2.23. The molecule has 2 unspecified atom stereocenters. The van der Waals surface area contributed by atoms with Crippen molar-refractivity contribution in [1.29, 1.82) is 5.26 Å². The molecule has 0 amide bonds.